The molecule has 0 amide bonds. The molecule has 0 fully saturated rings. The fourth-order valence-corrected chi connectivity index (χ4v) is 6.82. The summed E-state index contributed by atoms with van der Waals surface area (Å²) in [6.07, 6.45) is 52.6. The Bertz CT molecular complexity index is 969. The van der Waals surface area contributed by atoms with Crippen LogP contribution in [0.1, 0.15) is 252 Å². The highest BCUT2D eigenvalue weighted by atomic mass is 16.6. The van der Waals surface area contributed by atoms with E-state index in [-0.39, 0.29) is 31.1 Å². The van der Waals surface area contributed by atoms with Crippen LogP contribution in [0.2, 0.25) is 0 Å². The molecule has 0 aromatic rings. The maximum absolute atomic E-state index is 12.7. The van der Waals surface area contributed by atoms with E-state index in [0.717, 1.165) is 77.0 Å². The largest absolute Gasteiger partial charge is 0.462 e. The van der Waals surface area contributed by atoms with E-state index in [1.165, 1.54) is 135 Å². The maximum Gasteiger partial charge on any atom is 0.306 e. The molecule has 0 saturated carbocycles. The van der Waals surface area contributed by atoms with Gasteiger partial charge in [0.05, 0.1) is 0 Å². The van der Waals surface area contributed by atoms with Crippen LogP contribution in [0.4, 0.5) is 0 Å². The Morgan fingerprint density at radius 1 is 0.333 bits per heavy atom. The number of esters is 3. The van der Waals surface area contributed by atoms with Gasteiger partial charge in [-0.25, -0.2) is 0 Å². The summed E-state index contributed by atoms with van der Waals surface area (Å²) >= 11 is 0. The molecule has 0 aromatic heterocycles. The minimum Gasteiger partial charge on any atom is -0.462 e. The summed E-state index contributed by atoms with van der Waals surface area (Å²) in [6, 6.07) is 0. The molecule has 0 aliphatic heterocycles. The molecule has 0 aliphatic rings. The minimum absolute atomic E-state index is 0.0794. The van der Waals surface area contributed by atoms with E-state index < -0.39 is 6.10 Å². The Morgan fingerprint density at radius 3 is 0.930 bits per heavy atom. The smallest absolute Gasteiger partial charge is 0.306 e. The van der Waals surface area contributed by atoms with Crippen molar-refractivity contribution < 1.29 is 28.6 Å². The highest BCUT2D eigenvalue weighted by Crippen LogP contribution is 2.14. The highest BCUT2D eigenvalue weighted by Gasteiger charge is 2.19. The summed E-state index contributed by atoms with van der Waals surface area (Å²) in [5, 5.41) is 0. The number of hydrogen-bond acceptors (Lipinski definition) is 6. The second-order valence-corrected chi connectivity index (χ2v) is 16.4. The highest BCUT2D eigenvalue weighted by molar-refractivity contribution is 5.71. The zero-order valence-corrected chi connectivity index (χ0v) is 37.9. The van der Waals surface area contributed by atoms with Crippen LogP contribution in [0.25, 0.3) is 0 Å². The number of unbranched alkanes of at least 4 members (excludes halogenated alkanes) is 27. The van der Waals surface area contributed by atoms with Gasteiger partial charge in [-0.15, -0.1) is 0 Å². The topological polar surface area (TPSA) is 78.9 Å². The van der Waals surface area contributed by atoms with E-state index in [1.807, 2.05) is 0 Å². The van der Waals surface area contributed by atoms with Crippen molar-refractivity contribution in [2.75, 3.05) is 13.2 Å². The van der Waals surface area contributed by atoms with Crippen LogP contribution in [0, 0.1) is 0 Å². The first kappa shape index (κ1) is 54.6. The zero-order chi connectivity index (χ0) is 41.5. The van der Waals surface area contributed by atoms with E-state index in [2.05, 4.69) is 57.2 Å². The lowest BCUT2D eigenvalue weighted by Crippen LogP contribution is -2.30. The van der Waals surface area contributed by atoms with Gasteiger partial charge in [-0.2, -0.15) is 0 Å². The van der Waals surface area contributed by atoms with Gasteiger partial charge in [0.1, 0.15) is 13.2 Å². The van der Waals surface area contributed by atoms with Gasteiger partial charge in [0, 0.05) is 19.3 Å². The number of rotatable bonds is 44. The number of hydrogen-bond donors (Lipinski definition) is 0. The molecule has 0 radical (unpaired) electrons. The lowest BCUT2D eigenvalue weighted by molar-refractivity contribution is -0.167. The number of allylic oxidation sites excluding steroid dienone is 6. The van der Waals surface area contributed by atoms with Crippen LogP contribution in [0.5, 0.6) is 0 Å². The molecular weight excluding hydrogens is 709 g/mol. The van der Waals surface area contributed by atoms with E-state index in [4.69, 9.17) is 14.2 Å². The van der Waals surface area contributed by atoms with Gasteiger partial charge in [-0.1, -0.05) is 179 Å². The van der Waals surface area contributed by atoms with E-state index in [1.54, 1.807) is 0 Å². The first-order valence-corrected chi connectivity index (χ1v) is 24.5. The van der Waals surface area contributed by atoms with Crippen LogP contribution in [-0.2, 0) is 28.6 Å². The average Bonchev–Trinajstić information content (AvgIpc) is 3.21. The number of ether oxygens (including phenoxy) is 3. The van der Waals surface area contributed by atoms with Gasteiger partial charge in [0.2, 0.25) is 0 Å². The third-order valence-electron chi connectivity index (χ3n) is 10.6. The monoisotopic (exact) mass is 801 g/mol. The fraction of sp³-hybridized carbons (Fsp3) is 0.824. The summed E-state index contributed by atoms with van der Waals surface area (Å²) in [6.45, 7) is 6.56. The second kappa shape index (κ2) is 46.3. The van der Waals surface area contributed by atoms with Gasteiger partial charge in [0.25, 0.3) is 0 Å². The van der Waals surface area contributed by atoms with Crippen LogP contribution in [-0.4, -0.2) is 37.2 Å². The maximum atomic E-state index is 12.7. The average molecular weight is 801 g/mol. The van der Waals surface area contributed by atoms with Crippen LogP contribution >= 0.6 is 0 Å². The van der Waals surface area contributed by atoms with Crippen LogP contribution < -0.4 is 0 Å². The summed E-state index contributed by atoms with van der Waals surface area (Å²) < 4.78 is 16.7. The quantitative estimate of drug-likeness (QED) is 0.0264. The third kappa shape index (κ3) is 44.6. The van der Waals surface area contributed by atoms with Gasteiger partial charge in [-0.05, 0) is 89.9 Å². The van der Waals surface area contributed by atoms with Crippen molar-refractivity contribution in [3.05, 3.63) is 36.5 Å². The molecule has 0 bridgehead atoms. The molecule has 332 valence electrons. The lowest BCUT2D eigenvalue weighted by Gasteiger charge is -2.18. The SMILES string of the molecule is CCCC/C=C\CCCCCCCC(=O)O[C@@H](COC(=O)CCCCCCC/C=C\CCCCCC)COC(=O)CCCCCCCCC/C=C\CCCCCC. The standard InChI is InChI=1S/C51H92O6/c1-4-7-10-13-16-19-22-24-25-27-30-32-35-38-41-44-50(53)56-47-48(57-51(54)45-42-39-36-33-28-21-18-15-12-9-6-3)46-55-49(52)43-40-37-34-31-29-26-23-20-17-14-11-8-5-2/h15,18-20,22-23,48H,4-14,16-17,21,24-47H2,1-3H3/b18-15-,22-19-,23-20-/t48-/m0/s1. The van der Waals surface area contributed by atoms with Gasteiger partial charge in [0.15, 0.2) is 6.10 Å². The molecule has 57 heavy (non-hydrogen) atoms. The lowest BCUT2D eigenvalue weighted by atomic mass is 10.1. The van der Waals surface area contributed by atoms with E-state index in [0.29, 0.717) is 19.3 Å². The van der Waals surface area contributed by atoms with Crippen molar-refractivity contribution in [1.29, 1.82) is 0 Å². The van der Waals surface area contributed by atoms with E-state index in [9.17, 15) is 14.4 Å². The van der Waals surface area contributed by atoms with E-state index >= 15 is 0 Å². The molecule has 0 rings (SSSR count). The van der Waals surface area contributed by atoms with Crippen molar-refractivity contribution >= 4 is 17.9 Å². The Hall–Kier alpha value is -2.37. The first-order chi connectivity index (χ1) is 28.0. The van der Waals surface area contributed by atoms with Gasteiger partial charge in [-0.3, -0.25) is 14.4 Å². The number of carbonyl (C=O) groups is 3. The minimum atomic E-state index is -0.777. The van der Waals surface area contributed by atoms with Gasteiger partial charge < -0.3 is 14.2 Å². The fourth-order valence-electron chi connectivity index (χ4n) is 6.82. The predicted octanol–water partition coefficient (Wildman–Crippen LogP) is 15.8. The molecule has 0 aromatic carbocycles. The van der Waals surface area contributed by atoms with Crippen molar-refractivity contribution in [2.45, 2.75) is 258 Å². The molecule has 0 saturated heterocycles. The van der Waals surface area contributed by atoms with Crippen LogP contribution in [0.15, 0.2) is 36.5 Å². The summed E-state index contributed by atoms with van der Waals surface area (Å²) in [5.74, 6) is -0.898. The third-order valence-corrected chi connectivity index (χ3v) is 10.6. The molecular formula is C51H92O6. The summed E-state index contributed by atoms with van der Waals surface area (Å²) in [5.41, 5.74) is 0. The summed E-state index contributed by atoms with van der Waals surface area (Å²) in [4.78, 5) is 37.8. The molecule has 6 nitrogen and oxygen atoms in total. The predicted molar refractivity (Wildman–Crippen MR) is 242 cm³/mol. The molecule has 0 spiro atoms. The molecule has 0 unspecified atom stereocenters. The van der Waals surface area contributed by atoms with Crippen molar-refractivity contribution in [3.63, 3.8) is 0 Å². The van der Waals surface area contributed by atoms with Crippen LogP contribution in [0.3, 0.4) is 0 Å². The Balaban J connectivity index is 4.37. The first-order valence-electron chi connectivity index (χ1n) is 24.5. The zero-order valence-electron chi connectivity index (χ0n) is 37.9. The Kier molecular flexibility index (Phi) is 44.4. The number of carbonyl (C=O) groups excluding carboxylic acids is 3. The van der Waals surface area contributed by atoms with Gasteiger partial charge >= 0.3 is 17.9 Å². The van der Waals surface area contributed by atoms with Crippen molar-refractivity contribution in [1.82, 2.24) is 0 Å². The molecule has 1 atom stereocenters. The Labute approximate surface area is 353 Å². The normalized spacial score (nSPS) is 12.3. The summed E-state index contributed by atoms with van der Waals surface area (Å²) in [7, 11) is 0. The van der Waals surface area contributed by atoms with Crippen molar-refractivity contribution in [2.24, 2.45) is 0 Å². The Morgan fingerprint density at radius 2 is 0.596 bits per heavy atom. The van der Waals surface area contributed by atoms with Crippen molar-refractivity contribution in [3.8, 4) is 0 Å². The second-order valence-electron chi connectivity index (χ2n) is 16.4. The molecule has 0 heterocycles. The molecule has 0 aliphatic carbocycles. The molecule has 6 heteroatoms. The molecule has 0 N–H and O–H groups in total.